The Balaban J connectivity index is 5.39. The number of aliphatic hydroxyl groups excluding tert-OH is 1. The molecule has 0 bridgehead atoms. The van der Waals surface area contributed by atoms with Crippen molar-refractivity contribution in [3.63, 3.8) is 0 Å². The number of nitrogens with one attached hydrogen (secondary N) is 3. The van der Waals surface area contributed by atoms with E-state index < -0.39 is 79.2 Å². The standard InChI is InChI=1S/C17H30N8O9/c18-7(4-11(19)27)13(30)23-8(2-1-3-22-17(20)21)14(31)25-10(6-26)15(32)24-9(16(33)34)5-12(28)29/h7-10,26H,1-6,18H2,(H2,19,27)(H,23,30)(H,24,32)(H,25,31)(H,28,29)(H,33,34)(H4,20,21,22). The van der Waals surface area contributed by atoms with E-state index >= 15 is 0 Å². The van der Waals surface area contributed by atoms with Crippen LogP contribution >= 0.6 is 0 Å². The Labute approximate surface area is 193 Å². The number of carbonyl (C=O) groups is 6. The summed E-state index contributed by atoms with van der Waals surface area (Å²) in [5, 5.41) is 33.5. The number of primary amides is 1. The van der Waals surface area contributed by atoms with Crippen LogP contribution in [0, 0.1) is 0 Å². The van der Waals surface area contributed by atoms with Crippen molar-refractivity contribution in [3.05, 3.63) is 0 Å². The van der Waals surface area contributed by atoms with Crippen molar-refractivity contribution in [2.45, 2.75) is 49.9 Å². The number of aliphatic carboxylic acids is 2. The molecule has 0 aromatic carbocycles. The van der Waals surface area contributed by atoms with Gasteiger partial charge in [-0.1, -0.05) is 0 Å². The fraction of sp³-hybridized carbons (Fsp3) is 0.588. The predicted molar refractivity (Wildman–Crippen MR) is 114 cm³/mol. The van der Waals surface area contributed by atoms with Crippen molar-refractivity contribution < 1.29 is 44.1 Å². The Hall–Kier alpha value is -3.99. The first-order valence-corrected chi connectivity index (χ1v) is 9.84. The molecule has 0 fully saturated rings. The van der Waals surface area contributed by atoms with Crippen molar-refractivity contribution in [3.8, 4) is 0 Å². The number of nitrogens with two attached hydrogens (primary N) is 4. The number of carbonyl (C=O) groups excluding carboxylic acids is 4. The minimum Gasteiger partial charge on any atom is -0.481 e. The van der Waals surface area contributed by atoms with E-state index in [1.807, 2.05) is 5.32 Å². The zero-order valence-corrected chi connectivity index (χ0v) is 18.1. The number of carboxylic acids is 2. The highest BCUT2D eigenvalue weighted by Crippen LogP contribution is 2.02. The molecule has 14 N–H and O–H groups in total. The average molecular weight is 490 g/mol. The van der Waals surface area contributed by atoms with Gasteiger partial charge in [-0.2, -0.15) is 0 Å². The molecule has 4 amide bonds. The van der Waals surface area contributed by atoms with Crippen LogP contribution in [0.3, 0.4) is 0 Å². The molecule has 4 unspecified atom stereocenters. The van der Waals surface area contributed by atoms with E-state index in [9.17, 15) is 33.9 Å². The number of hydrogen-bond donors (Lipinski definition) is 10. The first-order valence-electron chi connectivity index (χ1n) is 9.84. The van der Waals surface area contributed by atoms with Crippen molar-refractivity contribution in [2.75, 3.05) is 13.2 Å². The van der Waals surface area contributed by atoms with Crippen LogP contribution in [0.15, 0.2) is 4.99 Å². The van der Waals surface area contributed by atoms with Gasteiger partial charge >= 0.3 is 11.9 Å². The Morgan fingerprint density at radius 2 is 1.32 bits per heavy atom. The van der Waals surface area contributed by atoms with Gasteiger partial charge in [-0.15, -0.1) is 0 Å². The summed E-state index contributed by atoms with van der Waals surface area (Å²) in [5.74, 6) is -7.27. The van der Waals surface area contributed by atoms with Gasteiger partial charge < -0.3 is 54.2 Å². The Morgan fingerprint density at radius 3 is 1.79 bits per heavy atom. The molecule has 0 aromatic heterocycles. The third-order valence-corrected chi connectivity index (χ3v) is 4.15. The number of nitrogens with zero attached hydrogens (tertiary/aromatic N) is 1. The number of amides is 4. The van der Waals surface area contributed by atoms with E-state index in [4.69, 9.17) is 33.1 Å². The summed E-state index contributed by atoms with van der Waals surface area (Å²) in [4.78, 5) is 73.7. The molecule has 0 spiro atoms. The van der Waals surface area contributed by atoms with Crippen LogP contribution in [0.1, 0.15) is 25.7 Å². The molecule has 0 radical (unpaired) electrons. The van der Waals surface area contributed by atoms with Gasteiger partial charge in [0.05, 0.1) is 25.5 Å². The summed E-state index contributed by atoms with van der Waals surface area (Å²) >= 11 is 0. The summed E-state index contributed by atoms with van der Waals surface area (Å²) in [6.45, 7) is -0.901. The molecule has 0 aliphatic rings. The minimum atomic E-state index is -1.82. The van der Waals surface area contributed by atoms with Crippen molar-refractivity contribution >= 4 is 41.5 Å². The highest BCUT2D eigenvalue weighted by atomic mass is 16.4. The van der Waals surface area contributed by atoms with Crippen LogP contribution < -0.4 is 38.9 Å². The van der Waals surface area contributed by atoms with Crippen molar-refractivity contribution in [2.24, 2.45) is 27.9 Å². The van der Waals surface area contributed by atoms with E-state index in [2.05, 4.69) is 15.6 Å². The molecule has 0 aromatic rings. The maximum atomic E-state index is 12.7. The van der Waals surface area contributed by atoms with Crippen LogP contribution in [0.25, 0.3) is 0 Å². The predicted octanol–water partition coefficient (Wildman–Crippen LogP) is -5.75. The molecule has 0 saturated carbocycles. The lowest BCUT2D eigenvalue weighted by atomic mass is 10.1. The lowest BCUT2D eigenvalue weighted by Gasteiger charge is -2.24. The lowest BCUT2D eigenvalue weighted by Crippen LogP contribution is -2.58. The Kier molecular flexibility index (Phi) is 13.2. The number of carboxylic acid groups (broad SMARTS) is 2. The Morgan fingerprint density at radius 1 is 0.794 bits per heavy atom. The third kappa shape index (κ3) is 12.2. The second kappa shape index (κ2) is 15.0. The maximum absolute atomic E-state index is 12.7. The highest BCUT2D eigenvalue weighted by Gasteiger charge is 2.30. The Bertz CT molecular complexity index is 800. The van der Waals surface area contributed by atoms with Gasteiger partial charge in [0.1, 0.15) is 18.1 Å². The third-order valence-electron chi connectivity index (χ3n) is 4.15. The molecule has 0 aliphatic heterocycles. The zero-order valence-electron chi connectivity index (χ0n) is 18.1. The summed E-state index contributed by atoms with van der Waals surface area (Å²) in [5.41, 5.74) is 21.0. The van der Waals surface area contributed by atoms with Crippen LogP contribution in [0.5, 0.6) is 0 Å². The fourth-order valence-corrected chi connectivity index (χ4v) is 2.47. The van der Waals surface area contributed by atoms with Crippen molar-refractivity contribution in [1.82, 2.24) is 16.0 Å². The quantitative estimate of drug-likeness (QED) is 0.0549. The summed E-state index contributed by atoms with van der Waals surface area (Å²) in [6, 6.07) is -6.19. The first-order chi connectivity index (χ1) is 15.8. The molecule has 34 heavy (non-hydrogen) atoms. The fourth-order valence-electron chi connectivity index (χ4n) is 2.47. The average Bonchev–Trinajstić information content (AvgIpc) is 2.71. The normalized spacial score (nSPS) is 13.9. The summed E-state index contributed by atoms with van der Waals surface area (Å²) < 4.78 is 0. The van der Waals surface area contributed by atoms with E-state index in [1.165, 1.54) is 0 Å². The number of aliphatic hydroxyl groups is 1. The molecule has 0 saturated heterocycles. The van der Waals surface area contributed by atoms with E-state index in [0.29, 0.717) is 0 Å². The number of guanidine groups is 1. The van der Waals surface area contributed by atoms with Crippen LogP contribution in [0.4, 0.5) is 0 Å². The van der Waals surface area contributed by atoms with E-state index in [1.54, 1.807) is 0 Å². The van der Waals surface area contributed by atoms with Crippen LogP contribution in [0.2, 0.25) is 0 Å². The second-order valence-electron chi connectivity index (χ2n) is 7.03. The summed E-state index contributed by atoms with van der Waals surface area (Å²) in [7, 11) is 0. The van der Waals surface area contributed by atoms with Gasteiger partial charge in [-0.3, -0.25) is 29.0 Å². The maximum Gasteiger partial charge on any atom is 0.326 e. The second-order valence-corrected chi connectivity index (χ2v) is 7.03. The molecule has 0 rings (SSSR count). The topological polar surface area (TPSA) is 316 Å². The number of aliphatic imine (C=N–C) groups is 1. The van der Waals surface area contributed by atoms with Gasteiger partial charge in [0.25, 0.3) is 0 Å². The number of rotatable bonds is 16. The molecule has 0 heterocycles. The lowest BCUT2D eigenvalue weighted by molar-refractivity contribution is -0.147. The molecular formula is C17H30N8O9. The van der Waals surface area contributed by atoms with E-state index in [-0.39, 0.29) is 25.3 Å². The van der Waals surface area contributed by atoms with Gasteiger partial charge in [0.15, 0.2) is 5.96 Å². The van der Waals surface area contributed by atoms with Crippen molar-refractivity contribution in [1.29, 1.82) is 0 Å². The highest BCUT2D eigenvalue weighted by molar-refractivity contribution is 5.95. The zero-order chi connectivity index (χ0) is 26.4. The molecular weight excluding hydrogens is 460 g/mol. The first kappa shape index (κ1) is 30.0. The van der Waals surface area contributed by atoms with Crippen LogP contribution in [-0.4, -0.2) is 94.2 Å². The van der Waals surface area contributed by atoms with E-state index in [0.717, 1.165) is 0 Å². The minimum absolute atomic E-state index is 0.0613. The SMILES string of the molecule is NC(=O)CC(N)C(=O)NC(CCCN=C(N)N)C(=O)NC(CO)C(=O)NC(CC(=O)O)C(=O)O. The van der Waals surface area contributed by atoms with Gasteiger partial charge in [0, 0.05) is 6.54 Å². The monoisotopic (exact) mass is 490 g/mol. The largest absolute Gasteiger partial charge is 0.481 e. The molecule has 17 nitrogen and oxygen atoms in total. The van der Waals surface area contributed by atoms with Gasteiger partial charge in [-0.25, -0.2) is 4.79 Å². The molecule has 192 valence electrons. The summed E-state index contributed by atoms with van der Waals surface area (Å²) in [6.07, 6.45) is -1.34. The van der Waals surface area contributed by atoms with Gasteiger partial charge in [-0.05, 0) is 12.8 Å². The molecule has 17 heteroatoms. The molecule has 4 atom stereocenters. The smallest absolute Gasteiger partial charge is 0.326 e. The van der Waals surface area contributed by atoms with Gasteiger partial charge in [0.2, 0.25) is 23.6 Å². The van der Waals surface area contributed by atoms with Crippen LogP contribution in [-0.2, 0) is 28.8 Å². The number of hydrogen-bond acceptors (Lipinski definition) is 9. The molecule has 0 aliphatic carbocycles.